The minimum atomic E-state index is 0.282. The van der Waals surface area contributed by atoms with Crippen LogP contribution in [0.5, 0.6) is 0 Å². The third kappa shape index (κ3) is 2.71. The van der Waals surface area contributed by atoms with Gasteiger partial charge in [0.1, 0.15) is 0 Å². The van der Waals surface area contributed by atoms with Crippen molar-refractivity contribution in [3.63, 3.8) is 0 Å². The normalized spacial score (nSPS) is 20.0. The minimum Gasteiger partial charge on any atom is -0.303 e. The summed E-state index contributed by atoms with van der Waals surface area (Å²) >= 11 is 8.17. The lowest BCUT2D eigenvalue weighted by Crippen LogP contribution is -2.27. The van der Waals surface area contributed by atoms with E-state index in [1.807, 2.05) is 23.5 Å². The van der Waals surface area contributed by atoms with Crippen LogP contribution < -0.4 is 5.32 Å². The number of benzene rings is 1. The molecule has 0 aliphatic heterocycles. The van der Waals surface area contributed by atoms with Crippen LogP contribution in [0.3, 0.4) is 0 Å². The average Bonchev–Trinajstić information content (AvgIpc) is 2.88. The van der Waals surface area contributed by atoms with Crippen molar-refractivity contribution in [3.05, 3.63) is 56.7 Å². The molecule has 1 aliphatic carbocycles. The van der Waals surface area contributed by atoms with Crippen LogP contribution in [0.4, 0.5) is 0 Å². The predicted molar refractivity (Wildman–Crippen MR) is 83.0 cm³/mol. The van der Waals surface area contributed by atoms with Crippen molar-refractivity contribution in [3.8, 4) is 0 Å². The van der Waals surface area contributed by atoms with Gasteiger partial charge in [0.2, 0.25) is 0 Å². The van der Waals surface area contributed by atoms with Crippen LogP contribution >= 0.6 is 22.9 Å². The average molecular weight is 292 g/mol. The molecule has 0 spiro atoms. The highest BCUT2D eigenvalue weighted by atomic mass is 35.5. The van der Waals surface area contributed by atoms with E-state index in [9.17, 15) is 0 Å². The van der Waals surface area contributed by atoms with E-state index in [4.69, 9.17) is 11.6 Å². The standard InChI is InChI=1S/C16H18ClNS/c1-11(12-5-2-3-6-14(12)17)18-15-7-4-8-16-13(15)9-10-19-16/h2-3,5-6,9-11,15,18H,4,7-8H2,1H3/t11-,15?/m1/s1. The van der Waals surface area contributed by atoms with Crippen molar-refractivity contribution >= 4 is 22.9 Å². The lowest BCUT2D eigenvalue weighted by molar-refractivity contribution is 0.418. The maximum atomic E-state index is 6.28. The summed E-state index contributed by atoms with van der Waals surface area (Å²) in [5.41, 5.74) is 2.68. The number of hydrogen-bond donors (Lipinski definition) is 1. The van der Waals surface area contributed by atoms with E-state index in [1.165, 1.54) is 30.4 Å². The van der Waals surface area contributed by atoms with Gasteiger partial charge in [-0.15, -0.1) is 11.3 Å². The molecular formula is C16H18ClNS. The van der Waals surface area contributed by atoms with E-state index >= 15 is 0 Å². The molecule has 0 saturated carbocycles. The first-order valence-corrected chi connectivity index (χ1v) is 8.08. The van der Waals surface area contributed by atoms with Crippen LogP contribution in [-0.2, 0) is 6.42 Å². The molecule has 0 amide bonds. The summed E-state index contributed by atoms with van der Waals surface area (Å²) in [7, 11) is 0. The second kappa shape index (κ2) is 5.66. The summed E-state index contributed by atoms with van der Waals surface area (Å²) in [4.78, 5) is 1.55. The summed E-state index contributed by atoms with van der Waals surface area (Å²) in [6.45, 7) is 2.20. The van der Waals surface area contributed by atoms with Gasteiger partial charge in [0.05, 0.1) is 0 Å². The van der Waals surface area contributed by atoms with Gasteiger partial charge >= 0.3 is 0 Å². The molecule has 3 rings (SSSR count). The van der Waals surface area contributed by atoms with Gasteiger partial charge in [-0.1, -0.05) is 29.8 Å². The van der Waals surface area contributed by atoms with E-state index < -0.39 is 0 Å². The molecule has 3 heteroatoms. The van der Waals surface area contributed by atoms with Gasteiger partial charge in [-0.05, 0) is 54.8 Å². The van der Waals surface area contributed by atoms with Gasteiger partial charge in [-0.2, -0.15) is 0 Å². The quantitative estimate of drug-likeness (QED) is 0.826. The topological polar surface area (TPSA) is 12.0 Å². The van der Waals surface area contributed by atoms with Gasteiger partial charge in [-0.3, -0.25) is 0 Å². The highest BCUT2D eigenvalue weighted by molar-refractivity contribution is 7.10. The molecule has 1 aromatic carbocycles. The number of rotatable bonds is 3. The van der Waals surface area contributed by atoms with Crippen LogP contribution in [0.15, 0.2) is 35.7 Å². The Morgan fingerprint density at radius 1 is 1.32 bits per heavy atom. The fourth-order valence-corrected chi connectivity index (χ4v) is 4.16. The highest BCUT2D eigenvalue weighted by Crippen LogP contribution is 2.35. The Morgan fingerprint density at radius 2 is 2.16 bits per heavy atom. The Kier molecular flexibility index (Phi) is 3.92. The molecule has 1 aromatic heterocycles. The van der Waals surface area contributed by atoms with Gasteiger partial charge in [0.15, 0.2) is 0 Å². The molecule has 19 heavy (non-hydrogen) atoms. The molecule has 0 radical (unpaired) electrons. The van der Waals surface area contributed by atoms with Crippen LogP contribution in [0.2, 0.25) is 5.02 Å². The Balaban J connectivity index is 1.78. The van der Waals surface area contributed by atoms with Crippen molar-refractivity contribution in [2.45, 2.75) is 38.3 Å². The predicted octanol–water partition coefficient (Wildman–Crippen LogP) is 5.13. The first-order chi connectivity index (χ1) is 9.25. The molecule has 1 heterocycles. The van der Waals surface area contributed by atoms with E-state index in [-0.39, 0.29) is 6.04 Å². The maximum Gasteiger partial charge on any atom is 0.0453 e. The summed E-state index contributed by atoms with van der Waals surface area (Å²) in [5.74, 6) is 0. The van der Waals surface area contributed by atoms with E-state index in [2.05, 4.69) is 35.8 Å². The molecule has 2 atom stereocenters. The van der Waals surface area contributed by atoms with Gasteiger partial charge < -0.3 is 5.32 Å². The molecular weight excluding hydrogens is 274 g/mol. The molecule has 0 bridgehead atoms. The second-order valence-corrected chi connectivity index (χ2v) is 6.56. The summed E-state index contributed by atoms with van der Waals surface area (Å²) in [6.07, 6.45) is 3.74. The lowest BCUT2D eigenvalue weighted by atomic mass is 9.93. The fraction of sp³-hybridized carbons (Fsp3) is 0.375. The summed E-state index contributed by atoms with van der Waals surface area (Å²) in [5, 5.41) is 6.80. The number of hydrogen-bond acceptors (Lipinski definition) is 2. The first-order valence-electron chi connectivity index (χ1n) is 6.82. The van der Waals surface area contributed by atoms with Crippen LogP contribution in [0, 0.1) is 0 Å². The van der Waals surface area contributed by atoms with Gasteiger partial charge in [0.25, 0.3) is 0 Å². The van der Waals surface area contributed by atoms with Gasteiger partial charge in [-0.25, -0.2) is 0 Å². The van der Waals surface area contributed by atoms with Crippen molar-refractivity contribution in [1.29, 1.82) is 0 Å². The monoisotopic (exact) mass is 291 g/mol. The first kappa shape index (κ1) is 13.2. The molecule has 1 nitrogen and oxygen atoms in total. The minimum absolute atomic E-state index is 0.282. The number of thiophene rings is 1. The lowest BCUT2D eigenvalue weighted by Gasteiger charge is -2.27. The second-order valence-electron chi connectivity index (χ2n) is 5.15. The van der Waals surface area contributed by atoms with Gasteiger partial charge in [0, 0.05) is 22.0 Å². The molecule has 0 saturated heterocycles. The largest absolute Gasteiger partial charge is 0.303 e. The Bertz CT molecular complexity index is 563. The van der Waals surface area contributed by atoms with Crippen molar-refractivity contribution < 1.29 is 0 Å². The Morgan fingerprint density at radius 3 is 3.00 bits per heavy atom. The third-order valence-corrected chi connectivity index (χ3v) is 5.22. The number of halogens is 1. The molecule has 0 fully saturated rings. The molecule has 2 aromatic rings. The number of fused-ring (bicyclic) bond motifs is 1. The zero-order valence-electron chi connectivity index (χ0n) is 11.0. The molecule has 1 N–H and O–H groups in total. The van der Waals surface area contributed by atoms with E-state index in [0.717, 1.165) is 5.02 Å². The van der Waals surface area contributed by atoms with E-state index in [1.54, 1.807) is 4.88 Å². The number of nitrogens with one attached hydrogen (secondary N) is 1. The van der Waals surface area contributed by atoms with Crippen LogP contribution in [0.25, 0.3) is 0 Å². The van der Waals surface area contributed by atoms with Crippen LogP contribution in [0.1, 0.15) is 47.9 Å². The van der Waals surface area contributed by atoms with Crippen molar-refractivity contribution in [1.82, 2.24) is 5.32 Å². The molecule has 1 unspecified atom stereocenters. The van der Waals surface area contributed by atoms with E-state index in [0.29, 0.717) is 6.04 Å². The third-order valence-electron chi connectivity index (χ3n) is 3.87. The SMILES string of the molecule is C[C@@H](NC1CCCc2sccc21)c1ccccc1Cl. The Hall–Kier alpha value is -0.830. The van der Waals surface area contributed by atoms with Crippen LogP contribution in [-0.4, -0.2) is 0 Å². The van der Waals surface area contributed by atoms with Crippen molar-refractivity contribution in [2.75, 3.05) is 0 Å². The zero-order valence-corrected chi connectivity index (χ0v) is 12.6. The smallest absolute Gasteiger partial charge is 0.0453 e. The highest BCUT2D eigenvalue weighted by Gasteiger charge is 2.23. The summed E-state index contributed by atoms with van der Waals surface area (Å²) in [6, 6.07) is 11.1. The fourth-order valence-electron chi connectivity index (χ4n) is 2.88. The molecule has 100 valence electrons. The summed E-state index contributed by atoms with van der Waals surface area (Å²) < 4.78 is 0. The zero-order chi connectivity index (χ0) is 13.2. The maximum absolute atomic E-state index is 6.28. The van der Waals surface area contributed by atoms with Crippen molar-refractivity contribution in [2.24, 2.45) is 0 Å². The number of aryl methyl sites for hydroxylation is 1. The molecule has 1 aliphatic rings. The Labute approximate surface area is 123 Å².